The number of sulfonamides is 1. The Morgan fingerprint density at radius 2 is 1.76 bits per heavy atom. The lowest BCUT2D eigenvalue weighted by Crippen LogP contribution is -2.39. The average molecular weight is 267 g/mol. The van der Waals surface area contributed by atoms with Crippen LogP contribution in [-0.4, -0.2) is 57.2 Å². The van der Waals surface area contributed by atoms with Crippen molar-refractivity contribution in [1.82, 2.24) is 4.31 Å². The maximum Gasteiger partial charge on any atom is 0.322 e. The van der Waals surface area contributed by atoms with Crippen molar-refractivity contribution in [3.8, 4) is 0 Å². The number of hydrogen-bond donors (Lipinski definition) is 0. The third-order valence-electron chi connectivity index (χ3n) is 1.88. The Hall–Kier alpha value is -1.15. The van der Waals surface area contributed by atoms with Gasteiger partial charge < -0.3 is 9.47 Å². The quantitative estimate of drug-likeness (QED) is 0.571. The van der Waals surface area contributed by atoms with Crippen LogP contribution in [0, 0.1) is 0 Å². The van der Waals surface area contributed by atoms with Gasteiger partial charge in [0.25, 0.3) is 0 Å². The maximum absolute atomic E-state index is 11.7. The Bertz CT molecular complexity index is 364. The topological polar surface area (TPSA) is 90.0 Å². The van der Waals surface area contributed by atoms with Crippen molar-refractivity contribution in [2.75, 3.05) is 32.6 Å². The van der Waals surface area contributed by atoms with Gasteiger partial charge in [-0.25, -0.2) is 8.42 Å². The molecule has 0 heterocycles. The van der Waals surface area contributed by atoms with Crippen molar-refractivity contribution in [1.29, 1.82) is 0 Å². The van der Waals surface area contributed by atoms with E-state index >= 15 is 0 Å². The van der Waals surface area contributed by atoms with Gasteiger partial charge in [-0.2, -0.15) is 4.31 Å². The molecule has 0 N–H and O–H groups in total. The molecule has 0 spiro atoms. The summed E-state index contributed by atoms with van der Waals surface area (Å²) in [6, 6.07) is 0. The van der Waals surface area contributed by atoms with E-state index in [1.165, 1.54) is 0 Å². The third kappa shape index (κ3) is 5.64. The highest BCUT2D eigenvalue weighted by molar-refractivity contribution is 7.89. The van der Waals surface area contributed by atoms with Gasteiger partial charge in [0.2, 0.25) is 10.0 Å². The van der Waals surface area contributed by atoms with E-state index < -0.39 is 34.3 Å². The van der Waals surface area contributed by atoms with Crippen molar-refractivity contribution in [3.63, 3.8) is 0 Å². The largest absolute Gasteiger partial charge is 0.468 e. The fraction of sp³-hybridized carbons (Fsp3) is 0.778. The molecule has 8 heteroatoms. The molecular weight excluding hydrogens is 250 g/mol. The number of esters is 2. The second-order valence-corrected chi connectivity index (χ2v) is 5.03. The minimum Gasteiger partial charge on any atom is -0.468 e. The van der Waals surface area contributed by atoms with Crippen molar-refractivity contribution in [2.45, 2.75) is 13.8 Å². The predicted octanol–water partition coefficient (Wildman–Crippen LogP) is -0.626. The van der Waals surface area contributed by atoms with Gasteiger partial charge in [-0.15, -0.1) is 0 Å². The molecule has 0 unspecified atom stereocenters. The highest BCUT2D eigenvalue weighted by Crippen LogP contribution is 2.02. The molecule has 0 atom stereocenters. The molecule has 0 saturated heterocycles. The average Bonchev–Trinajstić information content (AvgIpc) is 2.24. The molecule has 100 valence electrons. The molecule has 0 saturated carbocycles. The van der Waals surface area contributed by atoms with Gasteiger partial charge in [-0.05, 0) is 6.92 Å². The van der Waals surface area contributed by atoms with Crippen LogP contribution < -0.4 is 0 Å². The lowest BCUT2D eigenvalue weighted by Gasteiger charge is -2.18. The Balaban J connectivity index is 4.64. The number of carbonyl (C=O) groups is 2. The molecule has 0 bridgehead atoms. The van der Waals surface area contributed by atoms with Gasteiger partial charge in [-0.1, -0.05) is 6.92 Å². The van der Waals surface area contributed by atoms with Gasteiger partial charge in [0.1, 0.15) is 6.54 Å². The van der Waals surface area contributed by atoms with Crippen LogP contribution in [-0.2, 0) is 29.1 Å². The predicted molar refractivity (Wildman–Crippen MR) is 59.7 cm³/mol. The van der Waals surface area contributed by atoms with Gasteiger partial charge >= 0.3 is 11.9 Å². The first-order valence-corrected chi connectivity index (χ1v) is 6.68. The van der Waals surface area contributed by atoms with Gasteiger partial charge in [0.15, 0.2) is 5.75 Å². The minimum atomic E-state index is -3.84. The van der Waals surface area contributed by atoms with Crippen LogP contribution in [0.4, 0.5) is 0 Å². The molecule has 0 fully saturated rings. The molecule has 0 amide bonds. The van der Waals surface area contributed by atoms with E-state index in [1.54, 1.807) is 13.8 Å². The van der Waals surface area contributed by atoms with Gasteiger partial charge in [-0.3, -0.25) is 9.59 Å². The summed E-state index contributed by atoms with van der Waals surface area (Å²) < 4.78 is 33.2. The Labute approximate surface area is 101 Å². The van der Waals surface area contributed by atoms with E-state index in [0.29, 0.717) is 0 Å². The highest BCUT2D eigenvalue weighted by atomic mass is 32.2. The van der Waals surface area contributed by atoms with Crippen LogP contribution in [0.5, 0.6) is 0 Å². The molecule has 0 rings (SSSR count). The number of carbonyl (C=O) groups excluding carboxylic acids is 2. The van der Waals surface area contributed by atoms with Crippen molar-refractivity contribution in [3.05, 3.63) is 0 Å². The van der Waals surface area contributed by atoms with Crippen LogP contribution in [0.1, 0.15) is 13.8 Å². The molecular formula is C9H17NO6S. The minimum absolute atomic E-state index is 0.0802. The van der Waals surface area contributed by atoms with E-state index in [9.17, 15) is 18.0 Å². The number of ether oxygens (including phenoxy) is 2. The number of methoxy groups -OCH3 is 1. The summed E-state index contributed by atoms with van der Waals surface area (Å²) in [6.07, 6.45) is 0. The first-order chi connectivity index (χ1) is 7.87. The molecule has 0 radical (unpaired) electrons. The summed E-state index contributed by atoms with van der Waals surface area (Å²) in [5.74, 6) is -2.29. The van der Waals surface area contributed by atoms with Crippen LogP contribution in [0.3, 0.4) is 0 Å². The van der Waals surface area contributed by atoms with Crippen molar-refractivity contribution in [2.24, 2.45) is 0 Å². The van der Waals surface area contributed by atoms with Crippen molar-refractivity contribution >= 4 is 22.0 Å². The summed E-state index contributed by atoms with van der Waals surface area (Å²) in [5, 5.41) is 0. The normalized spacial score (nSPS) is 11.3. The summed E-state index contributed by atoms with van der Waals surface area (Å²) >= 11 is 0. The second-order valence-electron chi connectivity index (χ2n) is 3.06. The van der Waals surface area contributed by atoms with Crippen LogP contribution in [0.25, 0.3) is 0 Å². The number of likely N-dealkylation sites (N-methyl/N-ethyl adjacent to an activating group) is 1. The molecule has 0 aromatic rings. The van der Waals surface area contributed by atoms with Crippen LogP contribution in [0.2, 0.25) is 0 Å². The molecule has 0 aromatic carbocycles. The number of hydrogen-bond acceptors (Lipinski definition) is 6. The monoisotopic (exact) mass is 267 g/mol. The van der Waals surface area contributed by atoms with E-state index in [1.807, 2.05) is 0 Å². The Morgan fingerprint density at radius 1 is 1.18 bits per heavy atom. The van der Waals surface area contributed by atoms with Crippen LogP contribution in [0.15, 0.2) is 0 Å². The second kappa shape index (κ2) is 7.23. The van der Waals surface area contributed by atoms with E-state index in [4.69, 9.17) is 0 Å². The molecule has 0 aliphatic carbocycles. The van der Waals surface area contributed by atoms with Crippen LogP contribution >= 0.6 is 0 Å². The third-order valence-corrected chi connectivity index (χ3v) is 3.66. The first kappa shape index (κ1) is 15.9. The van der Waals surface area contributed by atoms with Gasteiger partial charge in [0.05, 0.1) is 13.7 Å². The SMILES string of the molecule is CCOC(=O)CS(=O)(=O)N(CC)CC(=O)OC. The summed E-state index contributed by atoms with van der Waals surface area (Å²) in [6.45, 7) is 2.92. The Kier molecular flexibility index (Phi) is 6.74. The molecule has 0 aliphatic rings. The fourth-order valence-electron chi connectivity index (χ4n) is 1.06. The fourth-order valence-corrected chi connectivity index (χ4v) is 2.32. The summed E-state index contributed by atoms with van der Waals surface area (Å²) in [4.78, 5) is 22.1. The summed E-state index contributed by atoms with van der Waals surface area (Å²) in [5.41, 5.74) is 0. The standard InChI is InChI=1S/C9H17NO6S/c1-4-10(6-8(11)15-3)17(13,14)7-9(12)16-5-2/h4-7H2,1-3H3. The summed E-state index contributed by atoms with van der Waals surface area (Å²) in [7, 11) is -2.68. The van der Waals surface area contributed by atoms with Gasteiger partial charge in [0, 0.05) is 6.54 Å². The Morgan fingerprint density at radius 3 is 2.18 bits per heavy atom. The lowest BCUT2D eigenvalue weighted by atomic mass is 10.6. The molecule has 17 heavy (non-hydrogen) atoms. The highest BCUT2D eigenvalue weighted by Gasteiger charge is 2.26. The number of nitrogens with zero attached hydrogens (tertiary/aromatic N) is 1. The molecule has 0 aliphatic heterocycles. The maximum atomic E-state index is 11.7. The van der Waals surface area contributed by atoms with E-state index in [2.05, 4.69) is 9.47 Å². The number of rotatable bonds is 7. The zero-order valence-electron chi connectivity index (χ0n) is 10.1. The zero-order valence-corrected chi connectivity index (χ0v) is 10.9. The molecule has 7 nitrogen and oxygen atoms in total. The van der Waals surface area contributed by atoms with Crippen molar-refractivity contribution < 1.29 is 27.5 Å². The lowest BCUT2D eigenvalue weighted by molar-refractivity contribution is -0.142. The zero-order chi connectivity index (χ0) is 13.5. The van der Waals surface area contributed by atoms with E-state index in [-0.39, 0.29) is 13.2 Å². The molecule has 0 aromatic heterocycles. The first-order valence-electron chi connectivity index (χ1n) is 5.07. The van der Waals surface area contributed by atoms with E-state index in [0.717, 1.165) is 11.4 Å². The smallest absolute Gasteiger partial charge is 0.322 e.